The molecule has 416 valence electrons. The molecule has 0 amide bonds. The maximum absolute atomic E-state index is 12.9. The molecule has 0 rings (SSSR count). The Balaban J connectivity index is 4.27. The van der Waals surface area contributed by atoms with E-state index in [0.717, 1.165) is 75.5 Å². The topological polar surface area (TPSA) is 78.9 Å². The van der Waals surface area contributed by atoms with Crippen LogP contribution < -0.4 is 0 Å². The van der Waals surface area contributed by atoms with Gasteiger partial charge in [0.05, 0.1) is 0 Å². The Morgan fingerprint density at radius 1 is 0.286 bits per heavy atom. The van der Waals surface area contributed by atoms with Gasteiger partial charge in [-0.05, 0) is 37.0 Å². The van der Waals surface area contributed by atoms with Crippen LogP contribution in [0.1, 0.15) is 356 Å². The molecule has 0 aliphatic rings. The first-order chi connectivity index (χ1) is 34.1. The number of esters is 3. The third-order valence-electron chi connectivity index (χ3n) is 15.0. The fraction of sp³-hybridized carbons (Fsp3) is 0.953. The van der Waals surface area contributed by atoms with Gasteiger partial charge < -0.3 is 14.2 Å². The molecule has 1 unspecified atom stereocenters. The Morgan fingerprint density at radius 3 is 0.743 bits per heavy atom. The van der Waals surface area contributed by atoms with E-state index in [9.17, 15) is 14.4 Å². The molecule has 0 saturated carbocycles. The van der Waals surface area contributed by atoms with Crippen LogP contribution >= 0.6 is 0 Å². The summed E-state index contributed by atoms with van der Waals surface area (Å²) in [6, 6.07) is 0. The summed E-state index contributed by atoms with van der Waals surface area (Å²) >= 11 is 0. The third-order valence-corrected chi connectivity index (χ3v) is 15.0. The van der Waals surface area contributed by atoms with Gasteiger partial charge in [0.15, 0.2) is 6.10 Å². The molecule has 70 heavy (non-hydrogen) atoms. The van der Waals surface area contributed by atoms with Gasteiger partial charge in [0.1, 0.15) is 13.2 Å². The lowest BCUT2D eigenvalue weighted by Crippen LogP contribution is -2.30. The van der Waals surface area contributed by atoms with Crippen LogP contribution in [0.4, 0.5) is 0 Å². The van der Waals surface area contributed by atoms with E-state index in [-0.39, 0.29) is 31.1 Å². The van der Waals surface area contributed by atoms with Crippen molar-refractivity contribution >= 4 is 17.9 Å². The van der Waals surface area contributed by atoms with Crippen LogP contribution in [-0.2, 0) is 28.6 Å². The smallest absolute Gasteiger partial charge is 0.306 e. The monoisotopic (exact) mass is 989 g/mol. The van der Waals surface area contributed by atoms with Crippen LogP contribution in [0, 0.1) is 17.8 Å². The van der Waals surface area contributed by atoms with E-state index in [1.807, 2.05) is 0 Å². The summed E-state index contributed by atoms with van der Waals surface area (Å²) in [5.74, 6) is 1.74. The highest BCUT2D eigenvalue weighted by molar-refractivity contribution is 5.71. The van der Waals surface area contributed by atoms with E-state index in [2.05, 4.69) is 41.5 Å². The molecule has 0 aromatic rings. The lowest BCUT2D eigenvalue weighted by Gasteiger charge is -2.18. The van der Waals surface area contributed by atoms with Gasteiger partial charge in [0, 0.05) is 19.3 Å². The molecule has 0 fully saturated rings. The molecule has 6 heteroatoms. The van der Waals surface area contributed by atoms with Crippen LogP contribution in [0.25, 0.3) is 0 Å². The minimum Gasteiger partial charge on any atom is -0.462 e. The number of hydrogen-bond donors (Lipinski definition) is 0. The van der Waals surface area contributed by atoms with Gasteiger partial charge >= 0.3 is 17.9 Å². The highest BCUT2D eigenvalue weighted by Gasteiger charge is 2.19. The molecule has 2 atom stereocenters. The molecule has 0 radical (unpaired) electrons. The van der Waals surface area contributed by atoms with Crippen molar-refractivity contribution in [2.45, 2.75) is 362 Å². The highest BCUT2D eigenvalue weighted by Crippen LogP contribution is 2.19. The van der Waals surface area contributed by atoms with Crippen molar-refractivity contribution in [3.63, 3.8) is 0 Å². The van der Waals surface area contributed by atoms with Gasteiger partial charge in [-0.3, -0.25) is 14.4 Å². The normalized spacial score (nSPS) is 12.5. The van der Waals surface area contributed by atoms with Gasteiger partial charge in [-0.1, -0.05) is 318 Å². The first-order valence-electron chi connectivity index (χ1n) is 31.6. The standard InChI is InChI=1S/C64H124O6/c1-7-60(6)52-46-40-34-28-22-16-12-10-8-9-11-13-17-24-31-37-43-49-55-64(67)70-61(57-69-63(66)54-48-42-36-30-25-19-21-27-33-39-45-51-59(4)5)56-68-62(65)53-47-41-35-29-23-18-14-15-20-26-32-38-44-50-58(2)3/h58-61H,7-57H2,1-6H3/t60?,61-/m0/s1. The van der Waals surface area contributed by atoms with Crippen molar-refractivity contribution in [3.05, 3.63) is 0 Å². The van der Waals surface area contributed by atoms with Crippen molar-refractivity contribution in [3.8, 4) is 0 Å². The summed E-state index contributed by atoms with van der Waals surface area (Å²) in [5.41, 5.74) is 0. The molecule has 0 aliphatic carbocycles. The maximum Gasteiger partial charge on any atom is 0.306 e. The van der Waals surface area contributed by atoms with Gasteiger partial charge in [0.2, 0.25) is 0 Å². The fourth-order valence-electron chi connectivity index (χ4n) is 9.85. The molecule has 0 aliphatic heterocycles. The van der Waals surface area contributed by atoms with Crippen LogP contribution in [0.5, 0.6) is 0 Å². The Morgan fingerprint density at radius 2 is 0.500 bits per heavy atom. The first-order valence-corrected chi connectivity index (χ1v) is 31.6. The van der Waals surface area contributed by atoms with E-state index in [1.165, 1.54) is 238 Å². The average molecular weight is 990 g/mol. The Labute approximate surface area is 438 Å². The van der Waals surface area contributed by atoms with Crippen molar-refractivity contribution in [2.24, 2.45) is 17.8 Å². The summed E-state index contributed by atoms with van der Waals surface area (Å²) in [6.45, 7) is 13.8. The van der Waals surface area contributed by atoms with Gasteiger partial charge in [0.25, 0.3) is 0 Å². The maximum atomic E-state index is 12.9. The zero-order valence-electron chi connectivity index (χ0n) is 48.3. The molecular weight excluding hydrogens is 865 g/mol. The van der Waals surface area contributed by atoms with Crippen LogP contribution in [0.2, 0.25) is 0 Å². The number of carbonyl (C=O) groups excluding carboxylic acids is 3. The van der Waals surface area contributed by atoms with E-state index in [1.54, 1.807) is 0 Å². The fourth-order valence-corrected chi connectivity index (χ4v) is 9.85. The zero-order valence-corrected chi connectivity index (χ0v) is 48.3. The molecule has 0 aromatic carbocycles. The van der Waals surface area contributed by atoms with Crippen molar-refractivity contribution in [2.75, 3.05) is 13.2 Å². The molecule has 0 saturated heterocycles. The number of carbonyl (C=O) groups is 3. The van der Waals surface area contributed by atoms with Crippen molar-refractivity contribution < 1.29 is 28.6 Å². The molecule has 0 spiro atoms. The van der Waals surface area contributed by atoms with Gasteiger partial charge in [-0.15, -0.1) is 0 Å². The second kappa shape index (κ2) is 55.2. The average Bonchev–Trinajstić information content (AvgIpc) is 3.33. The lowest BCUT2D eigenvalue weighted by atomic mass is 9.99. The first kappa shape index (κ1) is 68.4. The van der Waals surface area contributed by atoms with Crippen LogP contribution in [-0.4, -0.2) is 37.2 Å². The summed E-state index contributed by atoms with van der Waals surface area (Å²) in [5, 5.41) is 0. The van der Waals surface area contributed by atoms with E-state index < -0.39 is 6.10 Å². The summed E-state index contributed by atoms with van der Waals surface area (Å²) < 4.78 is 16.9. The van der Waals surface area contributed by atoms with E-state index >= 15 is 0 Å². The quantitative estimate of drug-likeness (QED) is 0.0343. The second-order valence-corrected chi connectivity index (χ2v) is 23.2. The number of hydrogen-bond acceptors (Lipinski definition) is 6. The summed E-state index contributed by atoms with van der Waals surface area (Å²) in [7, 11) is 0. The lowest BCUT2D eigenvalue weighted by molar-refractivity contribution is -0.167. The Hall–Kier alpha value is -1.59. The predicted molar refractivity (Wildman–Crippen MR) is 303 cm³/mol. The molecule has 0 bridgehead atoms. The molecule has 0 aromatic heterocycles. The SMILES string of the molecule is CCC(C)CCCCCCCCCCCCCCCCCCCCC(=O)O[C@@H](COC(=O)CCCCCCCCCCCCCCCC(C)C)COC(=O)CCCCCCCCCCCCCC(C)C. The predicted octanol–water partition coefficient (Wildman–Crippen LogP) is 21.1. The van der Waals surface area contributed by atoms with Gasteiger partial charge in [-0.2, -0.15) is 0 Å². The van der Waals surface area contributed by atoms with E-state index in [0.29, 0.717) is 19.3 Å². The minimum atomic E-state index is -0.764. The summed E-state index contributed by atoms with van der Waals surface area (Å²) in [4.78, 5) is 38.3. The molecule has 0 heterocycles. The molecular formula is C64H124O6. The number of unbranched alkanes of at least 4 members (excludes halogenated alkanes) is 39. The molecule has 0 N–H and O–H groups in total. The Kier molecular flexibility index (Phi) is 53.9. The number of ether oxygens (including phenoxy) is 3. The Bertz CT molecular complexity index is 1090. The van der Waals surface area contributed by atoms with Crippen LogP contribution in [0.15, 0.2) is 0 Å². The highest BCUT2D eigenvalue weighted by atomic mass is 16.6. The van der Waals surface area contributed by atoms with Crippen molar-refractivity contribution in [1.82, 2.24) is 0 Å². The number of rotatable bonds is 57. The third kappa shape index (κ3) is 55.7. The van der Waals surface area contributed by atoms with E-state index in [4.69, 9.17) is 14.2 Å². The second-order valence-electron chi connectivity index (χ2n) is 23.2. The zero-order chi connectivity index (χ0) is 51.2. The minimum absolute atomic E-state index is 0.0629. The molecule has 6 nitrogen and oxygen atoms in total. The summed E-state index contributed by atoms with van der Waals surface area (Å²) in [6.07, 6.45) is 59.5. The van der Waals surface area contributed by atoms with Crippen molar-refractivity contribution in [1.29, 1.82) is 0 Å². The van der Waals surface area contributed by atoms with Crippen LogP contribution in [0.3, 0.4) is 0 Å². The van der Waals surface area contributed by atoms with Gasteiger partial charge in [-0.25, -0.2) is 0 Å². The largest absolute Gasteiger partial charge is 0.462 e.